The first kappa shape index (κ1) is 18.2. The number of carbonyl (C=O) groups is 1. The lowest BCUT2D eigenvalue weighted by atomic mass is 9.95. The van der Waals surface area contributed by atoms with E-state index in [0.717, 1.165) is 16.7 Å². The topological polar surface area (TPSA) is 92.1 Å². The Kier molecular flexibility index (Phi) is 4.39. The standard InChI is InChI=1S/C20H17ClN4O3/c1-11(2)24-19(13-5-9-15(10-6-13)25(27)28)16-17(22-23-18(16)20(24)26)12-3-7-14(21)8-4-12/h3-11,19H,1-2H3,(H,22,23). The summed E-state index contributed by atoms with van der Waals surface area (Å²) in [5.41, 5.74) is 3.54. The third-order valence-corrected chi connectivity index (χ3v) is 5.15. The number of nitro groups is 1. The SMILES string of the molecule is CC(C)N1C(=O)c2[nH]nc(-c3ccc(Cl)cc3)c2C1c1ccc([N+](=O)[O-])cc1. The number of carbonyl (C=O) groups excluding carboxylic acids is 1. The van der Waals surface area contributed by atoms with Gasteiger partial charge in [0.2, 0.25) is 0 Å². The van der Waals surface area contributed by atoms with E-state index in [2.05, 4.69) is 10.2 Å². The first-order valence-electron chi connectivity index (χ1n) is 8.79. The largest absolute Gasteiger partial charge is 0.324 e. The van der Waals surface area contributed by atoms with Crippen molar-refractivity contribution in [2.45, 2.75) is 25.9 Å². The number of rotatable bonds is 4. The van der Waals surface area contributed by atoms with Gasteiger partial charge in [0.25, 0.3) is 11.6 Å². The Morgan fingerprint density at radius 2 is 1.79 bits per heavy atom. The third-order valence-electron chi connectivity index (χ3n) is 4.90. The molecule has 3 aromatic rings. The lowest BCUT2D eigenvalue weighted by molar-refractivity contribution is -0.384. The van der Waals surface area contributed by atoms with Crippen LogP contribution in [0.5, 0.6) is 0 Å². The van der Waals surface area contributed by atoms with Gasteiger partial charge in [-0.3, -0.25) is 20.0 Å². The van der Waals surface area contributed by atoms with Crippen LogP contribution in [0.4, 0.5) is 5.69 Å². The number of H-pyrrole nitrogens is 1. The van der Waals surface area contributed by atoms with Crippen LogP contribution >= 0.6 is 11.6 Å². The molecule has 0 radical (unpaired) electrons. The minimum atomic E-state index is -0.438. The van der Waals surface area contributed by atoms with E-state index in [-0.39, 0.29) is 23.7 Å². The predicted octanol–water partition coefficient (Wildman–Crippen LogP) is 4.59. The van der Waals surface area contributed by atoms with Gasteiger partial charge in [-0.25, -0.2) is 0 Å². The Balaban J connectivity index is 1.87. The highest BCUT2D eigenvalue weighted by Gasteiger charge is 2.43. The number of amides is 1. The molecule has 1 N–H and O–H groups in total. The highest BCUT2D eigenvalue weighted by molar-refractivity contribution is 6.30. The molecule has 0 spiro atoms. The zero-order valence-electron chi connectivity index (χ0n) is 15.2. The van der Waals surface area contributed by atoms with Gasteiger partial charge in [-0.05, 0) is 43.7 Å². The van der Waals surface area contributed by atoms with Gasteiger partial charge in [0, 0.05) is 34.3 Å². The van der Waals surface area contributed by atoms with Gasteiger partial charge >= 0.3 is 0 Å². The molecule has 1 atom stereocenters. The Bertz CT molecular complexity index is 1060. The molecule has 1 aliphatic heterocycles. The number of nitro benzene ring substituents is 1. The normalized spacial score (nSPS) is 15.9. The summed E-state index contributed by atoms with van der Waals surface area (Å²) < 4.78 is 0. The maximum absolute atomic E-state index is 13.0. The Hall–Kier alpha value is -3.19. The van der Waals surface area contributed by atoms with Crippen molar-refractivity contribution < 1.29 is 9.72 Å². The molecule has 28 heavy (non-hydrogen) atoms. The second-order valence-corrected chi connectivity index (χ2v) is 7.36. The molecule has 0 fully saturated rings. The summed E-state index contributed by atoms with van der Waals surface area (Å²) >= 11 is 6.00. The summed E-state index contributed by atoms with van der Waals surface area (Å²) in [5.74, 6) is -0.138. The van der Waals surface area contributed by atoms with E-state index >= 15 is 0 Å². The van der Waals surface area contributed by atoms with Crippen molar-refractivity contribution in [1.82, 2.24) is 15.1 Å². The number of halogens is 1. The maximum Gasteiger partial charge on any atom is 0.273 e. The summed E-state index contributed by atoms with van der Waals surface area (Å²) in [6.45, 7) is 3.88. The number of hydrogen-bond acceptors (Lipinski definition) is 4. The fourth-order valence-corrected chi connectivity index (χ4v) is 3.76. The van der Waals surface area contributed by atoms with Crippen molar-refractivity contribution >= 4 is 23.2 Å². The molecule has 2 heterocycles. The number of nitrogens with one attached hydrogen (secondary N) is 1. The number of aromatic nitrogens is 2. The fraction of sp³-hybridized carbons (Fsp3) is 0.200. The Morgan fingerprint density at radius 1 is 1.14 bits per heavy atom. The molecule has 1 aliphatic rings. The van der Waals surface area contributed by atoms with Gasteiger partial charge in [-0.15, -0.1) is 0 Å². The molecule has 0 bridgehead atoms. The second-order valence-electron chi connectivity index (χ2n) is 6.93. The Labute approximate surface area is 166 Å². The van der Waals surface area contributed by atoms with Crippen LogP contribution in [0.1, 0.15) is 41.5 Å². The van der Waals surface area contributed by atoms with E-state index < -0.39 is 4.92 Å². The summed E-state index contributed by atoms with van der Waals surface area (Å²) in [6.07, 6.45) is 0. The molecule has 1 amide bonds. The molecule has 1 unspecified atom stereocenters. The average Bonchev–Trinajstić information content (AvgIpc) is 3.21. The molecular weight excluding hydrogens is 380 g/mol. The van der Waals surface area contributed by atoms with Crippen LogP contribution in [-0.4, -0.2) is 32.0 Å². The highest BCUT2D eigenvalue weighted by atomic mass is 35.5. The van der Waals surface area contributed by atoms with E-state index in [1.54, 1.807) is 29.2 Å². The maximum atomic E-state index is 13.0. The van der Waals surface area contributed by atoms with Crippen molar-refractivity contribution in [3.63, 3.8) is 0 Å². The van der Waals surface area contributed by atoms with Gasteiger partial charge in [0.05, 0.1) is 16.7 Å². The molecule has 142 valence electrons. The van der Waals surface area contributed by atoms with E-state index in [1.165, 1.54) is 12.1 Å². The smallest absolute Gasteiger partial charge is 0.273 e. The lowest BCUT2D eigenvalue weighted by Crippen LogP contribution is -2.35. The van der Waals surface area contributed by atoms with Crippen LogP contribution in [-0.2, 0) is 0 Å². The first-order chi connectivity index (χ1) is 13.4. The third kappa shape index (κ3) is 2.84. The number of non-ortho nitro benzene ring substituents is 1. The van der Waals surface area contributed by atoms with Crippen LogP contribution in [0, 0.1) is 10.1 Å². The number of benzene rings is 2. The summed E-state index contributed by atoms with van der Waals surface area (Å²) in [4.78, 5) is 25.3. The summed E-state index contributed by atoms with van der Waals surface area (Å²) in [6, 6.07) is 13.1. The fourth-order valence-electron chi connectivity index (χ4n) is 3.63. The van der Waals surface area contributed by atoms with Gasteiger partial charge in [-0.2, -0.15) is 5.10 Å². The number of hydrogen-bond donors (Lipinski definition) is 1. The van der Waals surface area contributed by atoms with Gasteiger partial charge in [0.15, 0.2) is 0 Å². The molecule has 0 saturated carbocycles. The van der Waals surface area contributed by atoms with Crippen molar-refractivity contribution in [3.05, 3.63) is 80.5 Å². The number of fused-ring (bicyclic) bond motifs is 1. The molecule has 1 aromatic heterocycles. The zero-order chi connectivity index (χ0) is 20.0. The van der Waals surface area contributed by atoms with Crippen molar-refractivity contribution in [3.8, 4) is 11.3 Å². The zero-order valence-corrected chi connectivity index (χ0v) is 16.0. The van der Waals surface area contributed by atoms with Crippen LogP contribution in [0.3, 0.4) is 0 Å². The summed E-state index contributed by atoms with van der Waals surface area (Å²) in [7, 11) is 0. The van der Waals surface area contributed by atoms with Gasteiger partial charge in [0.1, 0.15) is 5.69 Å². The predicted molar refractivity (Wildman–Crippen MR) is 105 cm³/mol. The lowest BCUT2D eigenvalue weighted by Gasteiger charge is -2.29. The molecule has 7 nitrogen and oxygen atoms in total. The molecule has 0 aliphatic carbocycles. The Morgan fingerprint density at radius 3 is 2.36 bits per heavy atom. The van der Waals surface area contributed by atoms with Crippen molar-refractivity contribution in [1.29, 1.82) is 0 Å². The molecule has 2 aromatic carbocycles. The van der Waals surface area contributed by atoms with Crippen LogP contribution in [0.25, 0.3) is 11.3 Å². The van der Waals surface area contributed by atoms with E-state index in [4.69, 9.17) is 11.6 Å². The second kappa shape index (κ2) is 6.76. The monoisotopic (exact) mass is 396 g/mol. The van der Waals surface area contributed by atoms with Crippen molar-refractivity contribution in [2.75, 3.05) is 0 Å². The van der Waals surface area contributed by atoms with Gasteiger partial charge in [-0.1, -0.05) is 23.7 Å². The molecule has 0 saturated heterocycles. The molecule has 4 rings (SSSR count). The molecular formula is C20H17ClN4O3. The minimum Gasteiger partial charge on any atom is -0.324 e. The quantitative estimate of drug-likeness (QED) is 0.515. The van der Waals surface area contributed by atoms with E-state index in [0.29, 0.717) is 16.4 Å². The summed E-state index contributed by atoms with van der Waals surface area (Å²) in [5, 5.41) is 18.9. The van der Waals surface area contributed by atoms with Crippen LogP contribution < -0.4 is 0 Å². The average molecular weight is 397 g/mol. The highest BCUT2D eigenvalue weighted by Crippen LogP contribution is 2.44. The molecule has 8 heteroatoms. The van der Waals surface area contributed by atoms with Crippen LogP contribution in [0.15, 0.2) is 48.5 Å². The first-order valence-corrected chi connectivity index (χ1v) is 9.17. The van der Waals surface area contributed by atoms with E-state index in [9.17, 15) is 14.9 Å². The van der Waals surface area contributed by atoms with Gasteiger partial charge < -0.3 is 4.90 Å². The number of nitrogens with zero attached hydrogens (tertiary/aromatic N) is 3. The van der Waals surface area contributed by atoms with E-state index in [1.807, 2.05) is 26.0 Å². The minimum absolute atomic E-state index is 0.00881. The van der Waals surface area contributed by atoms with Crippen molar-refractivity contribution in [2.24, 2.45) is 0 Å². The van der Waals surface area contributed by atoms with Crippen LogP contribution in [0.2, 0.25) is 5.02 Å². The number of aromatic amines is 1.